The Morgan fingerprint density at radius 1 is 0.750 bits per heavy atom. The van der Waals surface area contributed by atoms with E-state index in [1.807, 2.05) is 0 Å². The van der Waals surface area contributed by atoms with Crippen molar-refractivity contribution >= 4 is 15.6 Å². The maximum atomic E-state index is 8.88. The zero-order valence-electron chi connectivity index (χ0n) is 7.10. The molecule has 0 aliphatic rings. The van der Waals surface area contributed by atoms with Crippen LogP contribution in [0.4, 0.5) is 0 Å². The van der Waals surface area contributed by atoms with Crippen LogP contribution in [-0.4, -0.2) is 29.4 Å². The van der Waals surface area contributed by atoms with Gasteiger partial charge in [0.15, 0.2) is 0 Å². The minimum atomic E-state index is -4.64. The summed E-state index contributed by atoms with van der Waals surface area (Å²) in [6, 6.07) is 0. The van der Waals surface area contributed by atoms with Gasteiger partial charge in [-0.1, -0.05) is 0 Å². The average molecular weight is 221 g/mol. The Morgan fingerprint density at radius 3 is 0.750 bits per heavy atom. The molecule has 0 aliphatic heterocycles. The minimum Gasteiger partial charge on any atom is -1.00 e. The number of hydrogen-bond donors (Lipinski definition) is 7. The normalized spacial score (nSPS) is 9.83. The van der Waals surface area contributed by atoms with E-state index in [9.17, 15) is 0 Å². The van der Waals surface area contributed by atoms with E-state index < -0.39 is 15.6 Å². The maximum Gasteiger partial charge on any atom is 1.00 e. The van der Waals surface area contributed by atoms with Crippen LogP contribution < -0.4 is 25.0 Å². The van der Waals surface area contributed by atoms with Crippen LogP contribution in [0.3, 0.4) is 0 Å². The second-order valence-electron chi connectivity index (χ2n) is 1.03. The molecule has 0 spiro atoms. The third-order valence-corrected chi connectivity index (χ3v) is 0. The van der Waals surface area contributed by atoms with Gasteiger partial charge in [-0.05, 0) is 0 Å². The van der Waals surface area contributed by atoms with Crippen molar-refractivity contribution in [1.29, 1.82) is 0 Å². The monoisotopic (exact) mass is 221 g/mol. The van der Waals surface area contributed by atoms with E-state index in [4.69, 9.17) is 38.5 Å². The van der Waals surface area contributed by atoms with E-state index in [0.717, 1.165) is 0 Å². The summed E-state index contributed by atoms with van der Waals surface area (Å²) in [6.45, 7) is 0. The fraction of sp³-hybridized carbons (Fsp3) is 0. The van der Waals surface area contributed by atoms with Crippen LogP contribution in [-0.2, 0) is 9.13 Å². The molecular formula is H10LiNO8P2. The predicted octanol–water partition coefficient (Wildman–Crippen LogP) is -4.58. The van der Waals surface area contributed by atoms with Gasteiger partial charge < -0.3 is 36.9 Å². The van der Waals surface area contributed by atoms with Crippen molar-refractivity contribution in [1.82, 2.24) is 6.15 Å². The minimum absolute atomic E-state index is 0. The van der Waals surface area contributed by atoms with Gasteiger partial charge in [0.05, 0.1) is 0 Å². The molecule has 0 saturated heterocycles. The van der Waals surface area contributed by atoms with Crippen LogP contribution in [0.5, 0.6) is 0 Å². The summed E-state index contributed by atoms with van der Waals surface area (Å²) in [4.78, 5) is 43.1. The molecule has 0 aromatic heterocycles. The van der Waals surface area contributed by atoms with Crippen LogP contribution in [0, 0.1) is 0 Å². The van der Waals surface area contributed by atoms with Crippen molar-refractivity contribution in [2.75, 3.05) is 0 Å². The molecule has 0 aromatic carbocycles. The fourth-order valence-electron chi connectivity index (χ4n) is 0. The molecule has 0 heterocycles. The Morgan fingerprint density at radius 2 is 0.750 bits per heavy atom. The Labute approximate surface area is 81.2 Å². The van der Waals surface area contributed by atoms with Crippen molar-refractivity contribution in [3.63, 3.8) is 0 Å². The van der Waals surface area contributed by atoms with E-state index in [0.29, 0.717) is 0 Å². The summed E-state index contributed by atoms with van der Waals surface area (Å²) in [7, 11) is -9.28. The smallest absolute Gasteiger partial charge is 1.00 e. The molecule has 9 N–H and O–H groups in total. The molecule has 0 unspecified atom stereocenters. The Balaban J connectivity index is -0.0000000267. The zero-order valence-corrected chi connectivity index (χ0v) is 7.89. The topological polar surface area (TPSA) is 191 Å². The first-order valence-corrected chi connectivity index (χ1v) is 4.70. The van der Waals surface area contributed by atoms with Crippen LogP contribution in [0.25, 0.3) is 0 Å². The van der Waals surface area contributed by atoms with Crippen molar-refractivity contribution in [3.05, 3.63) is 0 Å². The Bertz CT molecular complexity index is 134. The molecule has 0 rings (SSSR count). The molecule has 0 aliphatic carbocycles. The summed E-state index contributed by atoms with van der Waals surface area (Å²) >= 11 is 0. The second kappa shape index (κ2) is 8.38. The first kappa shape index (κ1) is 23.0. The van der Waals surface area contributed by atoms with Crippen LogP contribution >= 0.6 is 15.6 Å². The van der Waals surface area contributed by atoms with E-state index in [-0.39, 0.29) is 26.4 Å². The number of rotatable bonds is 0. The van der Waals surface area contributed by atoms with E-state index in [2.05, 4.69) is 0 Å². The van der Waals surface area contributed by atoms with Crippen molar-refractivity contribution in [2.45, 2.75) is 0 Å². The first-order valence-electron chi connectivity index (χ1n) is 1.57. The molecule has 12 heavy (non-hydrogen) atoms. The summed E-state index contributed by atoms with van der Waals surface area (Å²) in [5.74, 6) is 0. The molecule has 0 fully saturated rings. The molecule has 9 nitrogen and oxygen atoms in total. The van der Waals surface area contributed by atoms with Gasteiger partial charge in [-0.3, -0.25) is 0 Å². The van der Waals surface area contributed by atoms with Gasteiger partial charge in [0.25, 0.3) is 0 Å². The number of hydrogen-bond acceptors (Lipinski definition) is 3. The van der Waals surface area contributed by atoms with Crippen molar-refractivity contribution < 1.29 is 58.8 Å². The van der Waals surface area contributed by atoms with Crippen LogP contribution in [0.1, 0.15) is 1.43 Å². The van der Waals surface area contributed by atoms with Gasteiger partial charge in [-0.25, -0.2) is 9.13 Å². The van der Waals surface area contributed by atoms with Crippen molar-refractivity contribution in [2.24, 2.45) is 0 Å². The largest absolute Gasteiger partial charge is 1.00 e. The molecule has 0 saturated carbocycles. The quantitative estimate of drug-likeness (QED) is 0.156. The summed E-state index contributed by atoms with van der Waals surface area (Å²) in [5, 5.41) is 0. The second-order valence-corrected chi connectivity index (χ2v) is 3.08. The van der Waals surface area contributed by atoms with Gasteiger partial charge in [0.2, 0.25) is 0 Å². The Kier molecular flexibility index (Phi) is 16.1. The van der Waals surface area contributed by atoms with Crippen LogP contribution in [0.15, 0.2) is 0 Å². The summed E-state index contributed by atoms with van der Waals surface area (Å²) in [5.41, 5.74) is 0. The molecule has 0 atom stereocenters. The van der Waals surface area contributed by atoms with E-state index in [1.165, 1.54) is 0 Å². The summed E-state index contributed by atoms with van der Waals surface area (Å²) < 4.78 is 17.8. The third-order valence-electron chi connectivity index (χ3n) is 0. The average Bonchev–Trinajstić information content (AvgIpc) is 1.12. The zero-order chi connectivity index (χ0) is 9.00. The van der Waals surface area contributed by atoms with Gasteiger partial charge in [-0.2, -0.15) is 0 Å². The van der Waals surface area contributed by atoms with E-state index in [1.54, 1.807) is 0 Å². The molecule has 12 heteroatoms. The van der Waals surface area contributed by atoms with Crippen molar-refractivity contribution in [3.8, 4) is 0 Å². The SMILES string of the molecule is N.O=P(O)(O)O.O=P(O)(O)O.[H-].[Li+]. The summed E-state index contributed by atoms with van der Waals surface area (Å²) in [6.07, 6.45) is 0. The third kappa shape index (κ3) is 1700. The molecular weight excluding hydrogens is 211 g/mol. The predicted molar refractivity (Wildman–Crippen MR) is 34.7 cm³/mol. The first-order chi connectivity index (χ1) is 4.00. The number of phosphoric acid groups is 2. The van der Waals surface area contributed by atoms with Gasteiger partial charge >= 0.3 is 34.5 Å². The fourth-order valence-corrected chi connectivity index (χ4v) is 0. The molecule has 0 radical (unpaired) electrons. The molecule has 0 bridgehead atoms. The van der Waals surface area contributed by atoms with Crippen LogP contribution in [0.2, 0.25) is 0 Å². The molecule has 0 aromatic rings. The Hall–Kier alpha value is 0.777. The molecule has 0 amide bonds. The van der Waals surface area contributed by atoms with Gasteiger partial charge in [-0.15, -0.1) is 0 Å². The van der Waals surface area contributed by atoms with Gasteiger partial charge in [0, 0.05) is 0 Å². The maximum absolute atomic E-state index is 8.88. The molecule has 74 valence electrons. The standard InChI is InChI=1S/Li.H3N.2H3O4P.H/c;;2*1-5(2,3)4;/h;1H3;2*(H3,1,2,3,4);/q+1;;;;-1. The van der Waals surface area contributed by atoms with E-state index >= 15 is 0 Å². The van der Waals surface area contributed by atoms with Gasteiger partial charge in [0.1, 0.15) is 0 Å².